The number of hydrogen-bond donors (Lipinski definition) is 2. The van der Waals surface area contributed by atoms with Crippen LogP contribution in [0.25, 0.3) is 0 Å². The second-order valence-corrected chi connectivity index (χ2v) is 9.60. The SMILES string of the molecule is CC1CN(S(=O)(=O)CCNC(=O)c2ccccc2NC(=O)c2ccccc2)CC(C)O1. The van der Waals surface area contributed by atoms with Gasteiger partial charge in [-0.1, -0.05) is 30.3 Å². The summed E-state index contributed by atoms with van der Waals surface area (Å²) in [5.41, 5.74) is 1.09. The molecule has 166 valence electrons. The van der Waals surface area contributed by atoms with Crippen LogP contribution >= 0.6 is 0 Å². The molecular formula is C22H27N3O5S. The third kappa shape index (κ3) is 6.13. The highest BCUT2D eigenvalue weighted by molar-refractivity contribution is 7.89. The van der Waals surface area contributed by atoms with Crippen LogP contribution in [0, 0.1) is 0 Å². The molecule has 31 heavy (non-hydrogen) atoms. The molecule has 0 aliphatic carbocycles. The van der Waals surface area contributed by atoms with Gasteiger partial charge in [0.25, 0.3) is 11.8 Å². The topological polar surface area (TPSA) is 105 Å². The number of carbonyl (C=O) groups is 2. The van der Waals surface area contributed by atoms with Crippen LogP contribution in [0.15, 0.2) is 54.6 Å². The molecule has 2 aromatic rings. The highest BCUT2D eigenvalue weighted by Crippen LogP contribution is 2.17. The zero-order chi connectivity index (χ0) is 22.4. The fraction of sp³-hybridized carbons (Fsp3) is 0.364. The van der Waals surface area contributed by atoms with E-state index in [2.05, 4.69) is 10.6 Å². The Hall–Kier alpha value is -2.75. The predicted octanol–water partition coefficient (Wildman–Crippen LogP) is 2.11. The lowest BCUT2D eigenvalue weighted by Gasteiger charge is -2.34. The molecule has 1 heterocycles. The van der Waals surface area contributed by atoms with Gasteiger partial charge in [-0.2, -0.15) is 4.31 Å². The summed E-state index contributed by atoms with van der Waals surface area (Å²) in [4.78, 5) is 25.1. The Labute approximate surface area is 182 Å². The van der Waals surface area contributed by atoms with E-state index in [0.29, 0.717) is 24.3 Å². The van der Waals surface area contributed by atoms with E-state index in [-0.39, 0.29) is 36.0 Å². The van der Waals surface area contributed by atoms with Gasteiger partial charge < -0.3 is 15.4 Å². The van der Waals surface area contributed by atoms with Gasteiger partial charge in [0, 0.05) is 25.2 Å². The first kappa shape index (κ1) is 22.9. The molecule has 2 atom stereocenters. The molecule has 2 amide bonds. The van der Waals surface area contributed by atoms with Crippen LogP contribution in [-0.2, 0) is 14.8 Å². The maximum Gasteiger partial charge on any atom is 0.255 e. The number of benzene rings is 2. The van der Waals surface area contributed by atoms with Crippen molar-refractivity contribution in [2.75, 3.05) is 30.7 Å². The Balaban J connectivity index is 1.60. The largest absolute Gasteiger partial charge is 0.373 e. The molecule has 0 spiro atoms. The van der Waals surface area contributed by atoms with Crippen molar-refractivity contribution in [2.24, 2.45) is 0 Å². The Morgan fingerprint density at radius 2 is 1.58 bits per heavy atom. The first-order valence-electron chi connectivity index (χ1n) is 10.1. The smallest absolute Gasteiger partial charge is 0.255 e. The van der Waals surface area contributed by atoms with Gasteiger partial charge in [0.05, 0.1) is 29.2 Å². The van der Waals surface area contributed by atoms with Gasteiger partial charge in [-0.3, -0.25) is 9.59 Å². The third-order valence-electron chi connectivity index (χ3n) is 4.88. The summed E-state index contributed by atoms with van der Waals surface area (Å²) in [7, 11) is -3.52. The molecule has 0 radical (unpaired) electrons. The van der Waals surface area contributed by atoms with Crippen molar-refractivity contribution < 1.29 is 22.7 Å². The van der Waals surface area contributed by atoms with Gasteiger partial charge in [0.1, 0.15) is 0 Å². The standard InChI is InChI=1S/C22H27N3O5S/c1-16-14-25(15-17(2)30-16)31(28,29)13-12-23-22(27)19-10-6-7-11-20(19)24-21(26)18-8-4-3-5-9-18/h3-11,16-17H,12-15H2,1-2H3,(H,23,27)(H,24,26). The van der Waals surface area contributed by atoms with E-state index in [0.717, 1.165) is 0 Å². The molecule has 2 N–H and O–H groups in total. The summed E-state index contributed by atoms with van der Waals surface area (Å²) in [6, 6.07) is 15.3. The fourth-order valence-electron chi connectivity index (χ4n) is 3.45. The lowest BCUT2D eigenvalue weighted by atomic mass is 10.1. The number of morpholine rings is 1. The van der Waals surface area contributed by atoms with Crippen LogP contribution in [0.1, 0.15) is 34.6 Å². The molecule has 8 nitrogen and oxygen atoms in total. The molecular weight excluding hydrogens is 418 g/mol. The maximum atomic E-state index is 12.7. The minimum Gasteiger partial charge on any atom is -0.373 e. The zero-order valence-electron chi connectivity index (χ0n) is 17.6. The quantitative estimate of drug-likeness (QED) is 0.679. The highest BCUT2D eigenvalue weighted by Gasteiger charge is 2.30. The van der Waals surface area contributed by atoms with E-state index >= 15 is 0 Å². The number of sulfonamides is 1. The highest BCUT2D eigenvalue weighted by atomic mass is 32.2. The van der Waals surface area contributed by atoms with Crippen LogP contribution in [0.2, 0.25) is 0 Å². The number of nitrogens with one attached hydrogen (secondary N) is 2. The number of anilines is 1. The number of rotatable bonds is 7. The summed E-state index contributed by atoms with van der Waals surface area (Å²) < 4.78 is 32.2. The third-order valence-corrected chi connectivity index (χ3v) is 6.69. The number of amides is 2. The van der Waals surface area contributed by atoms with Crippen molar-refractivity contribution in [1.29, 1.82) is 0 Å². The van der Waals surface area contributed by atoms with E-state index in [1.165, 1.54) is 4.31 Å². The predicted molar refractivity (Wildman–Crippen MR) is 119 cm³/mol. The molecule has 3 rings (SSSR count). The number of ether oxygens (including phenoxy) is 1. The average Bonchev–Trinajstić information content (AvgIpc) is 2.74. The molecule has 1 aliphatic heterocycles. The van der Waals surface area contributed by atoms with Crippen molar-refractivity contribution in [3.63, 3.8) is 0 Å². The van der Waals surface area contributed by atoms with Gasteiger partial charge in [0.2, 0.25) is 10.0 Å². The summed E-state index contributed by atoms with van der Waals surface area (Å²) in [6.45, 7) is 4.23. The molecule has 1 aliphatic rings. The van der Waals surface area contributed by atoms with Crippen molar-refractivity contribution in [3.05, 3.63) is 65.7 Å². The molecule has 1 saturated heterocycles. The van der Waals surface area contributed by atoms with E-state index in [1.54, 1.807) is 48.5 Å². The first-order valence-corrected chi connectivity index (χ1v) is 11.7. The molecule has 2 unspecified atom stereocenters. The summed E-state index contributed by atoms with van der Waals surface area (Å²) in [6.07, 6.45) is -0.346. The van der Waals surface area contributed by atoms with Gasteiger partial charge in [-0.25, -0.2) is 8.42 Å². The normalized spacial score (nSPS) is 19.5. The van der Waals surface area contributed by atoms with E-state index in [4.69, 9.17) is 4.74 Å². The van der Waals surface area contributed by atoms with Gasteiger partial charge >= 0.3 is 0 Å². The fourth-order valence-corrected chi connectivity index (χ4v) is 4.94. The molecule has 1 fully saturated rings. The van der Waals surface area contributed by atoms with Crippen molar-refractivity contribution in [3.8, 4) is 0 Å². The lowest BCUT2D eigenvalue weighted by Crippen LogP contribution is -2.49. The molecule has 0 saturated carbocycles. The van der Waals surface area contributed by atoms with Crippen LogP contribution in [0.5, 0.6) is 0 Å². The monoisotopic (exact) mass is 445 g/mol. The Morgan fingerprint density at radius 1 is 0.968 bits per heavy atom. The molecule has 9 heteroatoms. The van der Waals surface area contributed by atoms with Crippen molar-refractivity contribution >= 4 is 27.5 Å². The van der Waals surface area contributed by atoms with Crippen molar-refractivity contribution in [2.45, 2.75) is 26.1 Å². The Bertz CT molecular complexity index is 1020. The molecule has 0 bridgehead atoms. The lowest BCUT2D eigenvalue weighted by molar-refractivity contribution is -0.0440. The van der Waals surface area contributed by atoms with E-state index in [1.807, 2.05) is 19.9 Å². The molecule has 2 aromatic carbocycles. The summed E-state index contributed by atoms with van der Waals surface area (Å²) in [5, 5.41) is 5.38. The zero-order valence-corrected chi connectivity index (χ0v) is 18.4. The minimum atomic E-state index is -3.52. The van der Waals surface area contributed by atoms with Crippen LogP contribution < -0.4 is 10.6 Å². The summed E-state index contributed by atoms with van der Waals surface area (Å²) >= 11 is 0. The Kier molecular flexibility index (Phi) is 7.42. The van der Waals surface area contributed by atoms with Crippen LogP contribution in [-0.4, -0.2) is 62.1 Å². The minimum absolute atomic E-state index is 0.0394. The second-order valence-electron chi connectivity index (χ2n) is 7.51. The van der Waals surface area contributed by atoms with Gasteiger partial charge in [-0.15, -0.1) is 0 Å². The number of carbonyl (C=O) groups excluding carboxylic acids is 2. The average molecular weight is 446 g/mol. The van der Waals surface area contributed by atoms with E-state index < -0.39 is 15.9 Å². The maximum absolute atomic E-state index is 12.7. The first-order chi connectivity index (χ1) is 14.8. The summed E-state index contributed by atoms with van der Waals surface area (Å²) in [5.74, 6) is -1.00. The van der Waals surface area contributed by atoms with Crippen LogP contribution in [0.4, 0.5) is 5.69 Å². The number of nitrogens with zero attached hydrogens (tertiary/aromatic N) is 1. The number of para-hydroxylation sites is 1. The number of hydrogen-bond acceptors (Lipinski definition) is 5. The Morgan fingerprint density at radius 3 is 2.26 bits per heavy atom. The van der Waals surface area contributed by atoms with Crippen LogP contribution in [0.3, 0.4) is 0 Å². The van der Waals surface area contributed by atoms with Gasteiger partial charge in [-0.05, 0) is 38.1 Å². The molecule has 0 aromatic heterocycles. The van der Waals surface area contributed by atoms with Gasteiger partial charge in [0.15, 0.2) is 0 Å². The second kappa shape index (κ2) is 10.0. The van der Waals surface area contributed by atoms with Crippen molar-refractivity contribution in [1.82, 2.24) is 9.62 Å². The van der Waals surface area contributed by atoms with E-state index in [9.17, 15) is 18.0 Å².